The quantitative estimate of drug-likeness (QED) is 0.807. The fourth-order valence-corrected chi connectivity index (χ4v) is 1.40. The van der Waals surface area contributed by atoms with Crippen molar-refractivity contribution in [3.63, 3.8) is 0 Å². The first-order valence-corrected chi connectivity index (χ1v) is 4.94. The molecule has 1 heterocycles. The highest BCUT2D eigenvalue weighted by Crippen LogP contribution is 1.98. The number of hydrogen-bond acceptors (Lipinski definition) is 3. The van der Waals surface area contributed by atoms with E-state index in [9.17, 15) is 0 Å². The molecule has 15 heavy (non-hydrogen) atoms. The van der Waals surface area contributed by atoms with Gasteiger partial charge in [-0.3, -0.25) is 4.68 Å². The molecular weight excluding hydrogens is 188 g/mol. The Kier molecular flexibility index (Phi) is 3.09. The molecule has 0 atom stereocenters. The van der Waals surface area contributed by atoms with Crippen molar-refractivity contribution in [3.05, 3.63) is 47.8 Å². The van der Waals surface area contributed by atoms with E-state index in [0.29, 0.717) is 0 Å². The minimum atomic E-state index is 0.790. The van der Waals surface area contributed by atoms with Gasteiger partial charge >= 0.3 is 0 Å². The molecule has 4 heteroatoms. The average Bonchev–Trinajstić information content (AvgIpc) is 2.66. The van der Waals surface area contributed by atoms with Crippen LogP contribution in [0.25, 0.3) is 0 Å². The summed E-state index contributed by atoms with van der Waals surface area (Å²) in [7, 11) is 1.90. The van der Waals surface area contributed by atoms with Crippen LogP contribution < -0.4 is 5.32 Å². The fourth-order valence-electron chi connectivity index (χ4n) is 1.40. The van der Waals surface area contributed by atoms with Crippen molar-refractivity contribution in [1.29, 1.82) is 0 Å². The molecule has 1 aromatic carbocycles. The zero-order valence-electron chi connectivity index (χ0n) is 8.72. The lowest BCUT2D eigenvalue weighted by atomic mass is 10.2. The molecule has 0 aliphatic heterocycles. The molecule has 0 saturated carbocycles. The largest absolute Gasteiger partial charge is 0.307 e. The normalized spacial score (nSPS) is 10.5. The minimum Gasteiger partial charge on any atom is -0.307 e. The topological polar surface area (TPSA) is 42.7 Å². The molecule has 0 spiro atoms. The first-order chi connectivity index (χ1) is 7.36. The highest BCUT2D eigenvalue weighted by molar-refractivity contribution is 5.14. The summed E-state index contributed by atoms with van der Waals surface area (Å²) in [6, 6.07) is 10.3. The fraction of sp³-hybridized carbons (Fsp3) is 0.273. The Balaban J connectivity index is 1.83. The summed E-state index contributed by atoms with van der Waals surface area (Å²) in [5.41, 5.74) is 2.37. The van der Waals surface area contributed by atoms with E-state index in [1.165, 1.54) is 5.56 Å². The van der Waals surface area contributed by atoms with E-state index in [0.717, 1.165) is 18.8 Å². The Morgan fingerprint density at radius 3 is 2.67 bits per heavy atom. The lowest BCUT2D eigenvalue weighted by Crippen LogP contribution is -2.15. The van der Waals surface area contributed by atoms with Crippen LogP contribution in [0.4, 0.5) is 0 Å². The second kappa shape index (κ2) is 4.70. The second-order valence-corrected chi connectivity index (χ2v) is 3.44. The summed E-state index contributed by atoms with van der Waals surface area (Å²) in [5, 5.41) is 11.0. The Morgan fingerprint density at radius 2 is 2.00 bits per heavy atom. The monoisotopic (exact) mass is 202 g/mol. The van der Waals surface area contributed by atoms with Crippen molar-refractivity contribution in [1.82, 2.24) is 20.3 Å². The van der Waals surface area contributed by atoms with Crippen molar-refractivity contribution in [2.45, 2.75) is 13.1 Å². The molecule has 0 radical (unpaired) electrons. The Hall–Kier alpha value is -1.68. The third-order valence-electron chi connectivity index (χ3n) is 2.29. The highest BCUT2D eigenvalue weighted by atomic mass is 15.4. The molecule has 0 aliphatic rings. The van der Waals surface area contributed by atoms with Crippen molar-refractivity contribution < 1.29 is 0 Å². The zero-order valence-corrected chi connectivity index (χ0v) is 8.72. The molecule has 0 aliphatic carbocycles. The Morgan fingerprint density at radius 1 is 1.20 bits per heavy atom. The Bertz CT molecular complexity index is 408. The second-order valence-electron chi connectivity index (χ2n) is 3.44. The maximum atomic E-state index is 3.87. The van der Waals surface area contributed by atoms with Gasteiger partial charge in [-0.15, -0.1) is 5.10 Å². The van der Waals surface area contributed by atoms with Crippen LogP contribution >= 0.6 is 0 Å². The predicted octanol–water partition coefficient (Wildman–Crippen LogP) is 1.10. The maximum Gasteiger partial charge on any atom is 0.0738 e. The SMILES string of the molecule is Cn1nncc1CNCc1ccccc1. The number of aromatic nitrogens is 3. The van der Waals surface area contributed by atoms with E-state index in [-0.39, 0.29) is 0 Å². The first-order valence-electron chi connectivity index (χ1n) is 4.94. The number of aryl methyl sites for hydroxylation is 1. The lowest BCUT2D eigenvalue weighted by molar-refractivity contribution is 0.617. The van der Waals surface area contributed by atoms with Gasteiger partial charge < -0.3 is 5.32 Å². The van der Waals surface area contributed by atoms with Gasteiger partial charge in [-0.2, -0.15) is 0 Å². The van der Waals surface area contributed by atoms with Crippen LogP contribution in [-0.4, -0.2) is 15.0 Å². The molecule has 0 bridgehead atoms. The molecule has 0 saturated heterocycles. The van der Waals surface area contributed by atoms with Crippen LogP contribution in [0.5, 0.6) is 0 Å². The van der Waals surface area contributed by atoms with E-state index in [1.54, 1.807) is 10.9 Å². The summed E-state index contributed by atoms with van der Waals surface area (Å²) in [6.45, 7) is 1.66. The van der Waals surface area contributed by atoms with E-state index >= 15 is 0 Å². The van der Waals surface area contributed by atoms with Crippen LogP contribution in [-0.2, 0) is 20.1 Å². The first kappa shape index (κ1) is 9.86. The van der Waals surface area contributed by atoms with Gasteiger partial charge in [0.1, 0.15) is 0 Å². The number of hydrogen-bond donors (Lipinski definition) is 1. The Labute approximate surface area is 88.9 Å². The van der Waals surface area contributed by atoms with Gasteiger partial charge in [0.05, 0.1) is 11.9 Å². The van der Waals surface area contributed by atoms with Crippen LogP contribution in [0.3, 0.4) is 0 Å². The molecule has 0 amide bonds. The van der Waals surface area contributed by atoms with Crippen molar-refractivity contribution in [2.75, 3.05) is 0 Å². The van der Waals surface area contributed by atoms with E-state index in [1.807, 2.05) is 25.2 Å². The molecule has 1 aromatic heterocycles. The van der Waals surface area contributed by atoms with Crippen LogP contribution in [0.15, 0.2) is 36.5 Å². The van der Waals surface area contributed by atoms with Crippen molar-refractivity contribution >= 4 is 0 Å². The van der Waals surface area contributed by atoms with Crippen molar-refractivity contribution in [2.24, 2.45) is 7.05 Å². The predicted molar refractivity (Wildman–Crippen MR) is 58.0 cm³/mol. The molecule has 0 unspecified atom stereocenters. The van der Waals surface area contributed by atoms with Gasteiger partial charge in [0, 0.05) is 20.1 Å². The summed E-state index contributed by atoms with van der Waals surface area (Å²) < 4.78 is 1.78. The molecule has 78 valence electrons. The highest BCUT2D eigenvalue weighted by Gasteiger charge is 1.98. The van der Waals surface area contributed by atoms with Crippen LogP contribution in [0, 0.1) is 0 Å². The van der Waals surface area contributed by atoms with Gasteiger partial charge in [-0.25, -0.2) is 0 Å². The maximum absolute atomic E-state index is 3.87. The van der Waals surface area contributed by atoms with Gasteiger partial charge in [-0.05, 0) is 5.56 Å². The summed E-state index contributed by atoms with van der Waals surface area (Å²) in [6.07, 6.45) is 1.78. The van der Waals surface area contributed by atoms with Crippen LogP contribution in [0.1, 0.15) is 11.3 Å². The number of nitrogens with zero attached hydrogens (tertiary/aromatic N) is 3. The lowest BCUT2D eigenvalue weighted by Gasteiger charge is -2.04. The average molecular weight is 202 g/mol. The van der Waals surface area contributed by atoms with Gasteiger partial charge in [-0.1, -0.05) is 35.5 Å². The summed E-state index contributed by atoms with van der Waals surface area (Å²) >= 11 is 0. The smallest absolute Gasteiger partial charge is 0.0738 e. The third-order valence-corrected chi connectivity index (χ3v) is 2.29. The van der Waals surface area contributed by atoms with E-state index < -0.39 is 0 Å². The molecule has 2 aromatic rings. The minimum absolute atomic E-state index is 0.790. The summed E-state index contributed by atoms with van der Waals surface area (Å²) in [4.78, 5) is 0. The zero-order chi connectivity index (χ0) is 10.5. The van der Waals surface area contributed by atoms with Gasteiger partial charge in [0.15, 0.2) is 0 Å². The number of nitrogens with one attached hydrogen (secondary N) is 1. The number of benzene rings is 1. The third kappa shape index (κ3) is 2.63. The van der Waals surface area contributed by atoms with Gasteiger partial charge in [0.2, 0.25) is 0 Å². The molecule has 4 nitrogen and oxygen atoms in total. The standard InChI is InChI=1S/C11H14N4/c1-15-11(9-13-14-15)8-12-7-10-5-3-2-4-6-10/h2-6,9,12H,7-8H2,1H3. The van der Waals surface area contributed by atoms with E-state index in [2.05, 4.69) is 27.8 Å². The summed E-state index contributed by atoms with van der Waals surface area (Å²) in [5.74, 6) is 0. The van der Waals surface area contributed by atoms with Crippen molar-refractivity contribution in [3.8, 4) is 0 Å². The molecule has 2 rings (SSSR count). The molecule has 1 N–H and O–H groups in total. The van der Waals surface area contributed by atoms with E-state index in [4.69, 9.17) is 0 Å². The molecule has 0 fully saturated rings. The molecular formula is C11H14N4. The number of rotatable bonds is 4. The van der Waals surface area contributed by atoms with Crippen LogP contribution in [0.2, 0.25) is 0 Å². The van der Waals surface area contributed by atoms with Gasteiger partial charge in [0.25, 0.3) is 0 Å².